The first-order valence-electron chi connectivity index (χ1n) is 6.26. The molecule has 0 radical (unpaired) electrons. The molecule has 0 amide bonds. The molecule has 0 atom stereocenters. The molecule has 2 aromatic carbocycles. The van der Waals surface area contributed by atoms with Gasteiger partial charge in [-0.2, -0.15) is 13.5 Å². The van der Waals surface area contributed by atoms with Crippen LogP contribution < -0.4 is 4.83 Å². The minimum absolute atomic E-state index is 0.185. The molecule has 0 saturated heterocycles. The summed E-state index contributed by atoms with van der Waals surface area (Å²) in [5, 5.41) is 3.70. The van der Waals surface area contributed by atoms with Crippen LogP contribution in [0.1, 0.15) is 16.7 Å². The zero-order valence-electron chi connectivity index (χ0n) is 11.7. The Morgan fingerprint density at radius 1 is 1.10 bits per heavy atom. The van der Waals surface area contributed by atoms with E-state index in [9.17, 15) is 12.8 Å². The molecule has 0 heterocycles. The fourth-order valence-electron chi connectivity index (χ4n) is 1.87. The van der Waals surface area contributed by atoms with Crippen LogP contribution in [0.5, 0.6) is 0 Å². The molecular formula is C15H15FN2O2S. The number of nitrogens with zero attached hydrogens (tertiary/aromatic N) is 1. The second-order valence-electron chi connectivity index (χ2n) is 4.67. The largest absolute Gasteiger partial charge is 0.276 e. The molecule has 6 heteroatoms. The zero-order chi connectivity index (χ0) is 15.5. The van der Waals surface area contributed by atoms with E-state index in [0.717, 1.165) is 5.56 Å². The van der Waals surface area contributed by atoms with Crippen LogP contribution >= 0.6 is 0 Å². The van der Waals surface area contributed by atoms with Gasteiger partial charge in [0.2, 0.25) is 0 Å². The lowest BCUT2D eigenvalue weighted by Crippen LogP contribution is -2.19. The SMILES string of the molecule is Cc1ccc(S(=O)(=O)N/N=C/c2ccc(F)cc2)c(C)c1. The van der Waals surface area contributed by atoms with E-state index in [-0.39, 0.29) is 10.7 Å². The van der Waals surface area contributed by atoms with Gasteiger partial charge >= 0.3 is 0 Å². The molecule has 0 aliphatic rings. The summed E-state index contributed by atoms with van der Waals surface area (Å²) in [5.41, 5.74) is 2.24. The summed E-state index contributed by atoms with van der Waals surface area (Å²) in [5.74, 6) is -0.358. The highest BCUT2D eigenvalue weighted by Crippen LogP contribution is 2.16. The van der Waals surface area contributed by atoms with Gasteiger partial charge in [-0.15, -0.1) is 0 Å². The average Bonchev–Trinajstić information content (AvgIpc) is 2.40. The predicted molar refractivity (Wildman–Crippen MR) is 80.2 cm³/mol. The average molecular weight is 306 g/mol. The fraction of sp³-hybridized carbons (Fsp3) is 0.133. The zero-order valence-corrected chi connectivity index (χ0v) is 12.5. The minimum Gasteiger partial charge on any atom is -0.207 e. The maximum absolute atomic E-state index is 12.7. The summed E-state index contributed by atoms with van der Waals surface area (Å²) in [6.45, 7) is 3.62. The van der Waals surface area contributed by atoms with Crippen LogP contribution in [0.2, 0.25) is 0 Å². The first kappa shape index (κ1) is 15.2. The lowest BCUT2D eigenvalue weighted by Gasteiger charge is -2.07. The highest BCUT2D eigenvalue weighted by Gasteiger charge is 2.15. The van der Waals surface area contributed by atoms with E-state index in [1.54, 1.807) is 25.1 Å². The van der Waals surface area contributed by atoms with Crippen molar-refractivity contribution in [2.45, 2.75) is 18.7 Å². The van der Waals surface area contributed by atoms with Crippen molar-refractivity contribution in [2.75, 3.05) is 0 Å². The first-order chi connectivity index (χ1) is 9.88. The Hall–Kier alpha value is -2.21. The van der Waals surface area contributed by atoms with E-state index in [1.165, 1.54) is 30.5 Å². The van der Waals surface area contributed by atoms with Gasteiger partial charge in [-0.05, 0) is 43.2 Å². The van der Waals surface area contributed by atoms with Crippen molar-refractivity contribution in [3.8, 4) is 0 Å². The van der Waals surface area contributed by atoms with Gasteiger partial charge in [0.25, 0.3) is 10.0 Å². The molecule has 0 bridgehead atoms. The van der Waals surface area contributed by atoms with Gasteiger partial charge in [0.05, 0.1) is 11.1 Å². The van der Waals surface area contributed by atoms with E-state index < -0.39 is 10.0 Å². The van der Waals surface area contributed by atoms with Crippen molar-refractivity contribution >= 4 is 16.2 Å². The number of rotatable bonds is 4. The summed E-state index contributed by atoms with van der Waals surface area (Å²) in [6, 6.07) is 10.6. The number of halogens is 1. The molecule has 0 aromatic heterocycles. The quantitative estimate of drug-likeness (QED) is 0.697. The van der Waals surface area contributed by atoms with Crippen LogP contribution in [0.3, 0.4) is 0 Å². The van der Waals surface area contributed by atoms with Crippen molar-refractivity contribution in [1.29, 1.82) is 0 Å². The van der Waals surface area contributed by atoms with Gasteiger partial charge in [-0.1, -0.05) is 29.8 Å². The number of benzene rings is 2. The van der Waals surface area contributed by atoms with Crippen LogP contribution in [0.15, 0.2) is 52.5 Å². The minimum atomic E-state index is -3.71. The van der Waals surface area contributed by atoms with Gasteiger partial charge in [-0.3, -0.25) is 0 Å². The van der Waals surface area contributed by atoms with Gasteiger partial charge in [0, 0.05) is 0 Å². The van der Waals surface area contributed by atoms with Crippen LogP contribution in [0, 0.1) is 19.7 Å². The third-order valence-corrected chi connectivity index (χ3v) is 4.26. The second-order valence-corrected chi connectivity index (χ2v) is 6.30. The number of sulfonamides is 1. The summed E-state index contributed by atoms with van der Waals surface area (Å²) in [4.78, 5) is 2.33. The van der Waals surface area contributed by atoms with Crippen LogP contribution in [0.4, 0.5) is 4.39 Å². The molecule has 0 spiro atoms. The van der Waals surface area contributed by atoms with Crippen LogP contribution in [0.25, 0.3) is 0 Å². The Kier molecular flexibility index (Phi) is 4.37. The Morgan fingerprint density at radius 2 is 1.76 bits per heavy atom. The molecule has 4 nitrogen and oxygen atoms in total. The van der Waals surface area contributed by atoms with E-state index in [0.29, 0.717) is 11.1 Å². The highest BCUT2D eigenvalue weighted by molar-refractivity contribution is 7.89. The maximum atomic E-state index is 12.7. The van der Waals surface area contributed by atoms with Crippen molar-refractivity contribution in [1.82, 2.24) is 4.83 Å². The van der Waals surface area contributed by atoms with E-state index >= 15 is 0 Å². The number of aryl methyl sites for hydroxylation is 2. The summed E-state index contributed by atoms with van der Waals surface area (Å²) in [7, 11) is -3.71. The Labute approximate surface area is 123 Å². The highest BCUT2D eigenvalue weighted by atomic mass is 32.2. The molecule has 110 valence electrons. The number of hydrogen-bond acceptors (Lipinski definition) is 3. The number of hydrazone groups is 1. The molecule has 0 fully saturated rings. The summed E-state index contributed by atoms with van der Waals surface area (Å²) >= 11 is 0. The lowest BCUT2D eigenvalue weighted by molar-refractivity contribution is 0.584. The second kappa shape index (κ2) is 6.05. The van der Waals surface area contributed by atoms with Gasteiger partial charge in [0.15, 0.2) is 0 Å². The molecule has 0 saturated carbocycles. The summed E-state index contributed by atoms with van der Waals surface area (Å²) in [6.07, 6.45) is 1.32. The fourth-order valence-corrected chi connectivity index (χ4v) is 2.89. The molecule has 2 rings (SSSR count). The van der Waals surface area contributed by atoms with Gasteiger partial charge < -0.3 is 0 Å². The number of nitrogens with one attached hydrogen (secondary N) is 1. The number of hydrogen-bond donors (Lipinski definition) is 1. The standard InChI is InChI=1S/C15H15FN2O2S/c1-11-3-8-15(12(2)9-11)21(19,20)18-17-10-13-4-6-14(16)7-5-13/h3-10,18H,1-2H3/b17-10+. The normalized spacial score (nSPS) is 11.8. The van der Waals surface area contributed by atoms with Gasteiger partial charge in [0.1, 0.15) is 5.82 Å². The molecular weight excluding hydrogens is 291 g/mol. The Morgan fingerprint density at radius 3 is 2.38 bits per heavy atom. The van der Waals surface area contributed by atoms with Crippen molar-refractivity contribution in [3.63, 3.8) is 0 Å². The molecule has 0 unspecified atom stereocenters. The maximum Gasteiger partial charge on any atom is 0.276 e. The Bertz CT molecular complexity index is 769. The topological polar surface area (TPSA) is 58.5 Å². The Balaban J connectivity index is 2.16. The third-order valence-electron chi connectivity index (χ3n) is 2.88. The monoisotopic (exact) mass is 306 g/mol. The van der Waals surface area contributed by atoms with Crippen LogP contribution in [-0.2, 0) is 10.0 Å². The summed E-state index contributed by atoms with van der Waals surface area (Å²) < 4.78 is 37.0. The lowest BCUT2D eigenvalue weighted by atomic mass is 10.2. The van der Waals surface area contributed by atoms with E-state index in [2.05, 4.69) is 9.93 Å². The molecule has 2 aromatic rings. The molecule has 0 aliphatic carbocycles. The molecule has 0 aliphatic heterocycles. The smallest absolute Gasteiger partial charge is 0.207 e. The van der Waals surface area contributed by atoms with Gasteiger partial charge in [-0.25, -0.2) is 9.22 Å². The third kappa shape index (κ3) is 3.88. The van der Waals surface area contributed by atoms with E-state index in [4.69, 9.17) is 0 Å². The molecule has 1 N–H and O–H groups in total. The van der Waals surface area contributed by atoms with Crippen molar-refractivity contribution < 1.29 is 12.8 Å². The predicted octanol–water partition coefficient (Wildman–Crippen LogP) is 2.75. The van der Waals surface area contributed by atoms with E-state index in [1.807, 2.05) is 6.92 Å². The van der Waals surface area contributed by atoms with Crippen molar-refractivity contribution in [2.24, 2.45) is 5.10 Å². The van der Waals surface area contributed by atoms with Crippen molar-refractivity contribution in [3.05, 3.63) is 65.0 Å². The molecule has 21 heavy (non-hydrogen) atoms. The first-order valence-corrected chi connectivity index (χ1v) is 7.74. The van der Waals surface area contributed by atoms with Crippen LogP contribution in [-0.4, -0.2) is 14.6 Å².